The average molecular weight is 240 g/mol. The normalized spacial score (nSPS) is 10.5. The quantitative estimate of drug-likeness (QED) is 0.702. The standard InChI is InChI=1S/C13H21FN2O/c1-3-16(10-8-15-9-11-17-2)13-6-4-12(14)5-7-13/h4-7,15H,3,8-11H2,1-2H3. The zero-order chi connectivity index (χ0) is 12.5. The minimum Gasteiger partial charge on any atom is -0.383 e. The zero-order valence-corrected chi connectivity index (χ0v) is 10.6. The summed E-state index contributed by atoms with van der Waals surface area (Å²) in [6, 6.07) is 6.62. The van der Waals surface area contributed by atoms with Crippen LogP contribution < -0.4 is 10.2 Å². The number of nitrogens with one attached hydrogen (secondary N) is 1. The number of ether oxygens (including phenoxy) is 1. The number of halogens is 1. The predicted octanol–water partition coefficient (Wildman–Crippen LogP) is 1.89. The maximum absolute atomic E-state index is 12.8. The first kappa shape index (κ1) is 13.9. The Balaban J connectivity index is 2.35. The number of rotatable bonds is 8. The van der Waals surface area contributed by atoms with Crippen molar-refractivity contribution < 1.29 is 9.13 Å². The van der Waals surface area contributed by atoms with Crippen LogP contribution in [0.5, 0.6) is 0 Å². The third kappa shape index (κ3) is 5.15. The summed E-state index contributed by atoms with van der Waals surface area (Å²) in [5.41, 5.74) is 1.06. The number of methoxy groups -OCH3 is 1. The monoisotopic (exact) mass is 240 g/mol. The Morgan fingerprint density at radius 3 is 2.53 bits per heavy atom. The summed E-state index contributed by atoms with van der Waals surface area (Å²) in [5.74, 6) is -0.192. The van der Waals surface area contributed by atoms with E-state index in [1.807, 2.05) is 12.1 Å². The topological polar surface area (TPSA) is 24.5 Å². The van der Waals surface area contributed by atoms with Crippen LogP contribution in [-0.2, 0) is 4.74 Å². The SMILES string of the molecule is CCN(CCNCCOC)c1ccc(F)cc1. The van der Waals surface area contributed by atoms with E-state index in [9.17, 15) is 4.39 Å². The van der Waals surface area contributed by atoms with Crippen LogP contribution in [0.1, 0.15) is 6.92 Å². The summed E-state index contributed by atoms with van der Waals surface area (Å²) in [5, 5.41) is 3.29. The second-order valence-electron chi connectivity index (χ2n) is 3.80. The lowest BCUT2D eigenvalue weighted by molar-refractivity contribution is 0.200. The molecule has 1 aromatic rings. The van der Waals surface area contributed by atoms with Gasteiger partial charge in [0.1, 0.15) is 5.82 Å². The molecule has 0 bridgehead atoms. The summed E-state index contributed by atoms with van der Waals surface area (Å²) in [4.78, 5) is 2.21. The highest BCUT2D eigenvalue weighted by Crippen LogP contribution is 2.13. The molecule has 0 atom stereocenters. The Morgan fingerprint density at radius 1 is 1.24 bits per heavy atom. The lowest BCUT2D eigenvalue weighted by atomic mass is 10.3. The van der Waals surface area contributed by atoms with E-state index >= 15 is 0 Å². The van der Waals surface area contributed by atoms with Crippen LogP contribution in [0.3, 0.4) is 0 Å². The number of hydrogen-bond acceptors (Lipinski definition) is 3. The van der Waals surface area contributed by atoms with Crippen molar-refractivity contribution in [2.75, 3.05) is 44.8 Å². The molecule has 0 aromatic heterocycles. The Hall–Kier alpha value is -1.13. The highest BCUT2D eigenvalue weighted by Gasteiger charge is 2.03. The average Bonchev–Trinajstić information content (AvgIpc) is 2.35. The minimum absolute atomic E-state index is 0.192. The van der Waals surface area contributed by atoms with Crippen molar-refractivity contribution in [2.45, 2.75) is 6.92 Å². The molecular formula is C13H21FN2O. The van der Waals surface area contributed by atoms with E-state index < -0.39 is 0 Å². The summed E-state index contributed by atoms with van der Waals surface area (Å²) in [6.07, 6.45) is 0. The molecule has 4 heteroatoms. The van der Waals surface area contributed by atoms with Crippen molar-refractivity contribution in [1.82, 2.24) is 5.32 Å². The van der Waals surface area contributed by atoms with E-state index in [1.54, 1.807) is 7.11 Å². The molecule has 96 valence electrons. The molecule has 0 radical (unpaired) electrons. The van der Waals surface area contributed by atoms with Crippen molar-refractivity contribution >= 4 is 5.69 Å². The van der Waals surface area contributed by atoms with Gasteiger partial charge in [-0.3, -0.25) is 0 Å². The van der Waals surface area contributed by atoms with E-state index in [0.29, 0.717) is 0 Å². The van der Waals surface area contributed by atoms with Crippen LogP contribution in [0.4, 0.5) is 10.1 Å². The molecular weight excluding hydrogens is 219 g/mol. The highest BCUT2D eigenvalue weighted by molar-refractivity contribution is 5.46. The molecule has 17 heavy (non-hydrogen) atoms. The number of nitrogens with zero attached hydrogens (tertiary/aromatic N) is 1. The van der Waals surface area contributed by atoms with E-state index in [2.05, 4.69) is 17.1 Å². The second-order valence-corrected chi connectivity index (χ2v) is 3.80. The molecule has 0 amide bonds. The molecule has 1 N–H and O–H groups in total. The molecule has 0 aliphatic carbocycles. The van der Waals surface area contributed by atoms with Gasteiger partial charge in [0.15, 0.2) is 0 Å². The van der Waals surface area contributed by atoms with Crippen LogP contribution >= 0.6 is 0 Å². The van der Waals surface area contributed by atoms with Gasteiger partial charge in [0.05, 0.1) is 6.61 Å². The van der Waals surface area contributed by atoms with E-state index in [0.717, 1.165) is 38.5 Å². The molecule has 0 fully saturated rings. The van der Waals surface area contributed by atoms with Crippen LogP contribution in [0.15, 0.2) is 24.3 Å². The minimum atomic E-state index is -0.192. The van der Waals surface area contributed by atoms with Crippen molar-refractivity contribution in [3.05, 3.63) is 30.1 Å². The van der Waals surface area contributed by atoms with Crippen molar-refractivity contribution in [3.63, 3.8) is 0 Å². The molecule has 3 nitrogen and oxygen atoms in total. The fourth-order valence-corrected chi connectivity index (χ4v) is 1.63. The van der Waals surface area contributed by atoms with Crippen LogP contribution in [-0.4, -0.2) is 39.9 Å². The Labute approximate surface area is 103 Å². The Bertz CT molecular complexity index is 303. The summed E-state index contributed by atoms with van der Waals surface area (Å²) in [7, 11) is 1.69. The van der Waals surface area contributed by atoms with Crippen molar-refractivity contribution in [1.29, 1.82) is 0 Å². The molecule has 0 saturated heterocycles. The molecule has 0 spiro atoms. The smallest absolute Gasteiger partial charge is 0.123 e. The predicted molar refractivity (Wildman–Crippen MR) is 69.0 cm³/mol. The third-order valence-electron chi connectivity index (χ3n) is 2.61. The lowest BCUT2D eigenvalue weighted by Crippen LogP contribution is -2.33. The Morgan fingerprint density at radius 2 is 1.94 bits per heavy atom. The first-order valence-corrected chi connectivity index (χ1v) is 5.98. The molecule has 1 aromatic carbocycles. The number of likely N-dealkylation sites (N-methyl/N-ethyl adjacent to an activating group) is 1. The number of anilines is 1. The van der Waals surface area contributed by atoms with Crippen LogP contribution in [0.25, 0.3) is 0 Å². The maximum Gasteiger partial charge on any atom is 0.123 e. The zero-order valence-electron chi connectivity index (χ0n) is 10.6. The molecule has 1 rings (SSSR count). The van der Waals surface area contributed by atoms with Crippen LogP contribution in [0, 0.1) is 5.82 Å². The van der Waals surface area contributed by atoms with Gasteiger partial charge in [-0.25, -0.2) is 4.39 Å². The van der Waals surface area contributed by atoms with Gasteiger partial charge in [-0.2, -0.15) is 0 Å². The largest absolute Gasteiger partial charge is 0.383 e. The summed E-state index contributed by atoms with van der Waals surface area (Å²) < 4.78 is 17.8. The van der Waals surface area contributed by atoms with E-state index in [1.165, 1.54) is 12.1 Å². The molecule has 0 aliphatic heterocycles. The first-order chi connectivity index (χ1) is 8.27. The van der Waals surface area contributed by atoms with Gasteiger partial charge in [-0.15, -0.1) is 0 Å². The van der Waals surface area contributed by atoms with Gasteiger partial charge in [0.2, 0.25) is 0 Å². The van der Waals surface area contributed by atoms with Gasteiger partial charge in [-0.1, -0.05) is 0 Å². The van der Waals surface area contributed by atoms with Crippen LogP contribution in [0.2, 0.25) is 0 Å². The molecule has 0 heterocycles. The van der Waals surface area contributed by atoms with E-state index in [-0.39, 0.29) is 5.82 Å². The summed E-state index contributed by atoms with van der Waals surface area (Å²) >= 11 is 0. The van der Waals surface area contributed by atoms with Crippen molar-refractivity contribution in [3.8, 4) is 0 Å². The van der Waals surface area contributed by atoms with Gasteiger partial charge in [0.25, 0.3) is 0 Å². The fraction of sp³-hybridized carbons (Fsp3) is 0.538. The number of hydrogen-bond donors (Lipinski definition) is 1. The van der Waals surface area contributed by atoms with Crippen molar-refractivity contribution in [2.24, 2.45) is 0 Å². The lowest BCUT2D eigenvalue weighted by Gasteiger charge is -2.23. The second kappa shape index (κ2) is 8.03. The van der Waals surface area contributed by atoms with E-state index in [4.69, 9.17) is 4.74 Å². The third-order valence-corrected chi connectivity index (χ3v) is 2.61. The highest BCUT2D eigenvalue weighted by atomic mass is 19.1. The molecule has 0 aliphatic rings. The molecule has 0 unspecified atom stereocenters. The Kier molecular flexibility index (Phi) is 6.58. The summed E-state index contributed by atoms with van der Waals surface area (Å²) in [6.45, 7) is 6.40. The van der Waals surface area contributed by atoms with Gasteiger partial charge >= 0.3 is 0 Å². The first-order valence-electron chi connectivity index (χ1n) is 5.98. The van der Waals surface area contributed by atoms with Gasteiger partial charge in [0, 0.05) is 39.0 Å². The maximum atomic E-state index is 12.8. The van der Waals surface area contributed by atoms with Gasteiger partial charge in [-0.05, 0) is 31.2 Å². The fourth-order valence-electron chi connectivity index (χ4n) is 1.63. The molecule has 0 saturated carbocycles. The number of benzene rings is 1. The van der Waals surface area contributed by atoms with Gasteiger partial charge < -0.3 is 15.0 Å².